The molecule has 0 aliphatic carbocycles. The van der Waals surface area contributed by atoms with E-state index in [1.165, 1.54) is 12.1 Å². The Balaban J connectivity index is 2.52. The minimum Gasteiger partial charge on any atom is -0.478 e. The average Bonchev–Trinajstić information content (AvgIpc) is 2.55. The minimum absolute atomic E-state index is 0.0191. The molecule has 0 fully saturated rings. The van der Waals surface area contributed by atoms with Crippen LogP contribution in [0, 0.1) is 0 Å². The summed E-state index contributed by atoms with van der Waals surface area (Å²) >= 11 is 0. The fourth-order valence-corrected chi connectivity index (χ4v) is 4.20. The molecular formula is C13H16N2O5S. The van der Waals surface area contributed by atoms with E-state index in [4.69, 9.17) is 5.11 Å². The maximum Gasteiger partial charge on any atom is 0.335 e. The summed E-state index contributed by atoms with van der Waals surface area (Å²) in [6, 6.07) is 2.97. The number of carbonyl (C=O) groups excluding carboxylic acids is 1. The molecule has 1 aromatic rings. The van der Waals surface area contributed by atoms with E-state index >= 15 is 0 Å². The third-order valence-corrected chi connectivity index (χ3v) is 5.16. The van der Waals surface area contributed by atoms with Gasteiger partial charge >= 0.3 is 5.97 Å². The lowest BCUT2D eigenvalue weighted by Crippen LogP contribution is -2.43. The second kappa shape index (κ2) is 5.12. The Morgan fingerprint density at radius 2 is 2.00 bits per heavy atom. The molecule has 0 bridgehead atoms. The van der Waals surface area contributed by atoms with Crippen LogP contribution in [-0.4, -0.2) is 61.3 Å². The summed E-state index contributed by atoms with van der Waals surface area (Å²) in [7, 11) is -0.448. The van der Waals surface area contributed by atoms with Gasteiger partial charge in [-0.05, 0) is 39.2 Å². The van der Waals surface area contributed by atoms with E-state index in [1.807, 2.05) is 0 Å². The van der Waals surface area contributed by atoms with Gasteiger partial charge in [0.05, 0.1) is 17.2 Å². The quantitative estimate of drug-likeness (QED) is 0.869. The first-order chi connectivity index (χ1) is 9.66. The highest BCUT2D eigenvalue weighted by Crippen LogP contribution is 2.32. The van der Waals surface area contributed by atoms with Crippen molar-refractivity contribution < 1.29 is 23.1 Å². The van der Waals surface area contributed by atoms with E-state index in [-0.39, 0.29) is 16.0 Å². The van der Waals surface area contributed by atoms with E-state index in [0.29, 0.717) is 6.54 Å². The molecule has 1 amide bonds. The zero-order valence-electron chi connectivity index (χ0n) is 11.9. The van der Waals surface area contributed by atoms with Gasteiger partial charge < -0.3 is 10.0 Å². The third-order valence-electron chi connectivity index (χ3n) is 3.23. The lowest BCUT2D eigenvalue weighted by Gasteiger charge is -2.25. The summed E-state index contributed by atoms with van der Waals surface area (Å²) in [5.74, 6) is -1.85. The smallest absolute Gasteiger partial charge is 0.335 e. The van der Waals surface area contributed by atoms with Crippen molar-refractivity contribution in [3.8, 4) is 0 Å². The van der Waals surface area contributed by atoms with Gasteiger partial charge in [0.15, 0.2) is 0 Å². The number of carbonyl (C=O) groups is 2. The van der Waals surface area contributed by atoms with Crippen LogP contribution in [-0.2, 0) is 10.0 Å². The summed E-state index contributed by atoms with van der Waals surface area (Å²) in [6.45, 7) is 2.02. The lowest BCUT2D eigenvalue weighted by atomic mass is 10.1. The molecule has 2 rings (SSSR count). The van der Waals surface area contributed by atoms with Gasteiger partial charge in [0.2, 0.25) is 0 Å². The predicted molar refractivity (Wildman–Crippen MR) is 74.8 cm³/mol. The average molecular weight is 312 g/mol. The number of aromatic carboxylic acids is 1. The van der Waals surface area contributed by atoms with Crippen molar-refractivity contribution in [2.24, 2.45) is 0 Å². The first-order valence-corrected chi connectivity index (χ1v) is 7.71. The van der Waals surface area contributed by atoms with Crippen LogP contribution < -0.4 is 0 Å². The molecule has 1 unspecified atom stereocenters. The lowest BCUT2D eigenvalue weighted by molar-refractivity contribution is 0.0695. The summed E-state index contributed by atoms with van der Waals surface area (Å²) in [4.78, 5) is 24.8. The van der Waals surface area contributed by atoms with Gasteiger partial charge in [-0.2, -0.15) is 0 Å². The zero-order valence-corrected chi connectivity index (χ0v) is 12.7. The first-order valence-electron chi connectivity index (χ1n) is 6.27. The Labute approximate surface area is 122 Å². The summed E-state index contributed by atoms with van der Waals surface area (Å²) < 4.78 is 25.8. The first kappa shape index (κ1) is 15.5. The molecule has 1 N–H and O–H groups in total. The molecule has 1 atom stereocenters. The third kappa shape index (κ3) is 2.52. The fraction of sp³-hybridized carbons (Fsp3) is 0.385. The highest BCUT2D eigenvalue weighted by atomic mass is 32.2. The number of sulfonamides is 1. The van der Waals surface area contributed by atoms with Crippen LogP contribution in [0.2, 0.25) is 0 Å². The second-order valence-electron chi connectivity index (χ2n) is 5.23. The van der Waals surface area contributed by atoms with E-state index in [0.717, 1.165) is 10.4 Å². The Kier molecular flexibility index (Phi) is 3.77. The normalized spacial score (nSPS) is 17.9. The molecule has 8 heteroatoms. The molecule has 21 heavy (non-hydrogen) atoms. The predicted octanol–water partition coefficient (Wildman–Crippen LogP) is 0.479. The van der Waals surface area contributed by atoms with Gasteiger partial charge in [-0.25, -0.2) is 17.5 Å². The summed E-state index contributed by atoms with van der Waals surface area (Å²) in [5, 5.41) is 8.95. The highest BCUT2D eigenvalue weighted by molar-refractivity contribution is 7.90. The van der Waals surface area contributed by atoms with Gasteiger partial charge in [0.1, 0.15) is 4.90 Å². The van der Waals surface area contributed by atoms with Crippen molar-refractivity contribution in [1.82, 2.24) is 9.21 Å². The highest BCUT2D eigenvalue weighted by Gasteiger charge is 2.44. The van der Waals surface area contributed by atoms with Crippen molar-refractivity contribution in [1.29, 1.82) is 0 Å². The number of carboxylic acid groups (broad SMARTS) is 1. The monoisotopic (exact) mass is 312 g/mol. The standard InChI is InChI=1S/C13H16N2O5S/c1-8(7-14(2)3)15-12(16)10-5-4-9(13(17)18)6-11(10)21(15,19)20/h4-6,8H,7H2,1-3H3,(H,17,18). The molecule has 0 aromatic heterocycles. The molecule has 114 valence electrons. The van der Waals surface area contributed by atoms with Crippen LogP contribution in [0.5, 0.6) is 0 Å². The van der Waals surface area contributed by atoms with E-state index < -0.39 is 27.9 Å². The fourth-order valence-electron chi connectivity index (χ4n) is 2.42. The van der Waals surface area contributed by atoms with Crippen LogP contribution in [0.25, 0.3) is 0 Å². The maximum atomic E-state index is 12.5. The summed E-state index contributed by atoms with van der Waals surface area (Å²) in [5.41, 5.74) is -0.141. The molecule has 0 saturated heterocycles. The Morgan fingerprint density at radius 3 is 2.52 bits per heavy atom. The molecule has 1 heterocycles. The molecule has 1 aromatic carbocycles. The largest absolute Gasteiger partial charge is 0.478 e. The van der Waals surface area contributed by atoms with Crippen LogP contribution in [0.4, 0.5) is 0 Å². The van der Waals surface area contributed by atoms with Gasteiger partial charge in [-0.1, -0.05) is 0 Å². The van der Waals surface area contributed by atoms with E-state index in [9.17, 15) is 18.0 Å². The zero-order chi connectivity index (χ0) is 15.9. The SMILES string of the molecule is CC(CN(C)C)N1C(=O)c2ccc(C(=O)O)cc2S1(=O)=O. The number of nitrogens with zero attached hydrogens (tertiary/aromatic N) is 2. The van der Waals surface area contributed by atoms with E-state index in [1.54, 1.807) is 25.9 Å². The number of likely N-dealkylation sites (N-methyl/N-ethyl adjacent to an activating group) is 1. The molecule has 1 aliphatic heterocycles. The Morgan fingerprint density at radius 1 is 1.38 bits per heavy atom. The Hall–Kier alpha value is -1.93. The number of fused-ring (bicyclic) bond motifs is 1. The summed E-state index contributed by atoms with van der Waals surface area (Å²) in [6.07, 6.45) is 0. The molecule has 0 radical (unpaired) electrons. The number of amides is 1. The topological polar surface area (TPSA) is 95.0 Å². The molecule has 7 nitrogen and oxygen atoms in total. The van der Waals surface area contributed by atoms with Crippen molar-refractivity contribution in [2.45, 2.75) is 17.9 Å². The van der Waals surface area contributed by atoms with Crippen LogP contribution in [0.1, 0.15) is 27.6 Å². The molecular weight excluding hydrogens is 296 g/mol. The second-order valence-corrected chi connectivity index (χ2v) is 7.02. The van der Waals surface area contributed by atoms with Crippen LogP contribution >= 0.6 is 0 Å². The molecule has 0 spiro atoms. The number of rotatable bonds is 4. The van der Waals surface area contributed by atoms with Crippen molar-refractivity contribution in [3.63, 3.8) is 0 Å². The number of carboxylic acids is 1. The van der Waals surface area contributed by atoms with Gasteiger partial charge in [-0.15, -0.1) is 0 Å². The van der Waals surface area contributed by atoms with Crippen molar-refractivity contribution in [3.05, 3.63) is 29.3 Å². The van der Waals surface area contributed by atoms with Crippen molar-refractivity contribution in [2.75, 3.05) is 20.6 Å². The molecule has 1 aliphatic rings. The van der Waals surface area contributed by atoms with E-state index in [2.05, 4.69) is 0 Å². The van der Waals surface area contributed by atoms with Crippen molar-refractivity contribution >= 4 is 21.9 Å². The molecule has 0 saturated carbocycles. The number of hydrogen-bond acceptors (Lipinski definition) is 5. The Bertz CT molecular complexity index is 711. The number of hydrogen-bond donors (Lipinski definition) is 1. The van der Waals surface area contributed by atoms with Gasteiger partial charge in [0, 0.05) is 6.54 Å². The number of benzene rings is 1. The van der Waals surface area contributed by atoms with Gasteiger partial charge in [0.25, 0.3) is 15.9 Å². The minimum atomic E-state index is -4.00. The maximum absolute atomic E-state index is 12.5. The van der Waals surface area contributed by atoms with Gasteiger partial charge in [-0.3, -0.25) is 4.79 Å². The van der Waals surface area contributed by atoms with Crippen LogP contribution in [0.3, 0.4) is 0 Å². The van der Waals surface area contributed by atoms with Crippen LogP contribution in [0.15, 0.2) is 23.1 Å².